The summed E-state index contributed by atoms with van der Waals surface area (Å²) in [6, 6.07) is 6.52. The van der Waals surface area contributed by atoms with E-state index in [1.807, 2.05) is 12.1 Å². The third kappa shape index (κ3) is 2.83. The number of methoxy groups -OCH3 is 1. The summed E-state index contributed by atoms with van der Waals surface area (Å²) >= 11 is 0. The van der Waals surface area contributed by atoms with Crippen LogP contribution in [0.25, 0.3) is 0 Å². The Balaban J connectivity index is 2.31. The van der Waals surface area contributed by atoms with Crippen molar-refractivity contribution in [1.29, 1.82) is 0 Å². The van der Waals surface area contributed by atoms with Gasteiger partial charge in [-0.25, -0.2) is 8.42 Å². The second-order valence-electron chi connectivity index (χ2n) is 5.54. The van der Waals surface area contributed by atoms with Gasteiger partial charge in [0.2, 0.25) is 15.9 Å². The van der Waals surface area contributed by atoms with E-state index in [2.05, 4.69) is 0 Å². The molecule has 1 aliphatic rings. The van der Waals surface area contributed by atoms with E-state index < -0.39 is 21.3 Å². The zero-order valence-electron chi connectivity index (χ0n) is 13.3. The smallest absolute Gasteiger partial charge is 0.245 e. The highest BCUT2D eigenvalue weighted by Crippen LogP contribution is 2.31. The van der Waals surface area contributed by atoms with E-state index in [9.17, 15) is 13.2 Å². The van der Waals surface area contributed by atoms with Crippen molar-refractivity contribution in [2.45, 2.75) is 32.1 Å². The Kier molecular flexibility index (Phi) is 4.77. The molecule has 1 heterocycles. The second-order valence-corrected chi connectivity index (χ2v) is 7.98. The van der Waals surface area contributed by atoms with Crippen LogP contribution in [0.5, 0.6) is 5.75 Å². The highest BCUT2D eigenvalue weighted by molar-refractivity contribution is 7.89. The predicted molar refractivity (Wildman–Crippen MR) is 85.6 cm³/mol. The fraction of sp³-hybridized carbons (Fsp3) is 0.533. The fourth-order valence-corrected chi connectivity index (χ4v) is 3.97. The zero-order valence-corrected chi connectivity index (χ0v) is 14.1. The van der Waals surface area contributed by atoms with Crippen LogP contribution in [0.4, 0.5) is 5.69 Å². The Morgan fingerprint density at radius 3 is 2.45 bits per heavy atom. The van der Waals surface area contributed by atoms with Crippen molar-refractivity contribution in [3.05, 3.63) is 24.3 Å². The zero-order chi connectivity index (χ0) is 16.5. The molecule has 0 saturated carbocycles. The maximum Gasteiger partial charge on any atom is 0.245 e. The first-order valence-corrected chi connectivity index (χ1v) is 8.76. The number of nitrogens with zero attached hydrogens (tertiary/aromatic N) is 2. The van der Waals surface area contributed by atoms with Crippen LogP contribution in [0.2, 0.25) is 0 Å². The van der Waals surface area contributed by atoms with Crippen molar-refractivity contribution in [3.63, 3.8) is 0 Å². The van der Waals surface area contributed by atoms with E-state index in [0.717, 1.165) is 0 Å². The molecule has 0 radical (unpaired) electrons. The average Bonchev–Trinajstić information content (AvgIpc) is 2.49. The number of piperazine rings is 1. The molecule has 6 nitrogen and oxygen atoms in total. The first-order valence-electron chi connectivity index (χ1n) is 7.25. The lowest BCUT2D eigenvalue weighted by Gasteiger charge is -2.39. The van der Waals surface area contributed by atoms with Crippen molar-refractivity contribution in [1.82, 2.24) is 4.31 Å². The Morgan fingerprint density at radius 1 is 1.23 bits per heavy atom. The van der Waals surface area contributed by atoms with Crippen LogP contribution in [0, 0.1) is 0 Å². The van der Waals surface area contributed by atoms with Gasteiger partial charge in [0, 0.05) is 13.1 Å². The summed E-state index contributed by atoms with van der Waals surface area (Å²) in [7, 11) is -1.90. The van der Waals surface area contributed by atoms with Crippen molar-refractivity contribution in [2.75, 3.05) is 25.1 Å². The van der Waals surface area contributed by atoms with E-state index in [1.54, 1.807) is 44.9 Å². The third-order valence-electron chi connectivity index (χ3n) is 3.90. The predicted octanol–water partition coefficient (Wildman–Crippen LogP) is 1.47. The lowest BCUT2D eigenvalue weighted by molar-refractivity contribution is -0.123. The summed E-state index contributed by atoms with van der Waals surface area (Å²) in [5, 5.41) is -0.541. The number of amides is 1. The van der Waals surface area contributed by atoms with Crippen LogP contribution < -0.4 is 9.64 Å². The number of carbonyl (C=O) groups excluding carboxylic acids is 1. The number of benzene rings is 1. The largest absolute Gasteiger partial charge is 0.495 e. The van der Waals surface area contributed by atoms with Gasteiger partial charge in [-0.1, -0.05) is 12.1 Å². The van der Waals surface area contributed by atoms with Crippen molar-refractivity contribution >= 4 is 21.6 Å². The Morgan fingerprint density at radius 2 is 1.86 bits per heavy atom. The highest BCUT2D eigenvalue weighted by Gasteiger charge is 2.40. The Hall–Kier alpha value is -1.60. The molecule has 0 spiro atoms. The minimum atomic E-state index is -3.45. The van der Waals surface area contributed by atoms with E-state index in [4.69, 9.17) is 4.74 Å². The standard InChI is InChI=1S/C15H22N2O4S/c1-11(2)22(19,20)17-10-9-16(15(18)12(17)3)13-7-5-6-8-14(13)21-4/h5-8,11-12H,9-10H2,1-4H3. The molecule has 0 N–H and O–H groups in total. The molecule has 2 rings (SSSR count). The van der Waals surface area contributed by atoms with E-state index in [1.165, 1.54) is 4.31 Å². The third-order valence-corrected chi connectivity index (χ3v) is 6.24. The molecule has 7 heteroatoms. The summed E-state index contributed by atoms with van der Waals surface area (Å²) in [5.41, 5.74) is 0.670. The number of anilines is 1. The van der Waals surface area contributed by atoms with Gasteiger partial charge in [-0.15, -0.1) is 0 Å². The second kappa shape index (κ2) is 6.26. The van der Waals surface area contributed by atoms with Crippen LogP contribution in [0.15, 0.2) is 24.3 Å². The van der Waals surface area contributed by atoms with Gasteiger partial charge in [0.05, 0.1) is 18.0 Å². The molecule has 1 aromatic carbocycles. The summed E-state index contributed by atoms with van der Waals surface area (Å²) in [6.07, 6.45) is 0. The lowest BCUT2D eigenvalue weighted by Crippen LogP contribution is -2.58. The monoisotopic (exact) mass is 326 g/mol. The molecule has 122 valence electrons. The molecular weight excluding hydrogens is 304 g/mol. The van der Waals surface area contributed by atoms with Gasteiger partial charge >= 0.3 is 0 Å². The number of hydrogen-bond donors (Lipinski definition) is 0. The van der Waals surface area contributed by atoms with Crippen molar-refractivity contribution < 1.29 is 17.9 Å². The molecule has 1 amide bonds. The van der Waals surface area contributed by atoms with Crippen LogP contribution in [0.3, 0.4) is 0 Å². The maximum absolute atomic E-state index is 12.6. The van der Waals surface area contributed by atoms with Gasteiger partial charge in [-0.05, 0) is 32.9 Å². The fourth-order valence-electron chi connectivity index (χ4n) is 2.56. The van der Waals surface area contributed by atoms with Crippen LogP contribution in [-0.2, 0) is 14.8 Å². The molecule has 1 aliphatic heterocycles. The average molecular weight is 326 g/mol. The van der Waals surface area contributed by atoms with Crippen LogP contribution >= 0.6 is 0 Å². The number of hydrogen-bond acceptors (Lipinski definition) is 4. The molecule has 0 aliphatic carbocycles. The van der Waals surface area contributed by atoms with Gasteiger partial charge in [0.25, 0.3) is 0 Å². The Labute approximate surface area is 131 Å². The van der Waals surface area contributed by atoms with Gasteiger partial charge in [-0.2, -0.15) is 4.31 Å². The summed E-state index contributed by atoms with van der Waals surface area (Å²) in [5.74, 6) is 0.364. The molecule has 1 atom stereocenters. The summed E-state index contributed by atoms with van der Waals surface area (Å²) in [6.45, 7) is 5.48. The minimum Gasteiger partial charge on any atom is -0.495 e. The van der Waals surface area contributed by atoms with E-state index >= 15 is 0 Å². The Bertz CT molecular complexity index is 657. The molecule has 1 aromatic rings. The molecule has 0 aromatic heterocycles. The van der Waals surface area contributed by atoms with Gasteiger partial charge < -0.3 is 9.64 Å². The molecule has 0 bridgehead atoms. The number of carbonyl (C=O) groups is 1. The number of sulfonamides is 1. The summed E-state index contributed by atoms with van der Waals surface area (Å²) in [4.78, 5) is 14.2. The first-order chi connectivity index (χ1) is 10.3. The lowest BCUT2D eigenvalue weighted by atomic mass is 10.2. The maximum atomic E-state index is 12.6. The first kappa shape index (κ1) is 16.8. The molecular formula is C15H22N2O4S. The van der Waals surface area contributed by atoms with Gasteiger partial charge in [-0.3, -0.25) is 4.79 Å². The molecule has 1 fully saturated rings. The topological polar surface area (TPSA) is 66.9 Å². The van der Waals surface area contributed by atoms with E-state index in [0.29, 0.717) is 18.0 Å². The van der Waals surface area contributed by atoms with Crippen molar-refractivity contribution in [3.8, 4) is 5.75 Å². The van der Waals surface area contributed by atoms with Gasteiger partial charge in [0.1, 0.15) is 11.8 Å². The SMILES string of the molecule is COc1ccccc1N1CCN(S(=O)(=O)C(C)C)C(C)C1=O. The summed E-state index contributed by atoms with van der Waals surface area (Å²) < 4.78 is 31.3. The minimum absolute atomic E-state index is 0.236. The van der Waals surface area contributed by atoms with Crippen LogP contribution in [-0.4, -0.2) is 50.1 Å². The molecule has 22 heavy (non-hydrogen) atoms. The highest BCUT2D eigenvalue weighted by atomic mass is 32.2. The van der Waals surface area contributed by atoms with Crippen LogP contribution in [0.1, 0.15) is 20.8 Å². The number of para-hydroxylation sites is 2. The molecule has 1 unspecified atom stereocenters. The molecule has 1 saturated heterocycles. The normalized spacial score (nSPS) is 20.5. The van der Waals surface area contributed by atoms with E-state index in [-0.39, 0.29) is 12.5 Å². The number of ether oxygens (including phenoxy) is 1. The number of rotatable bonds is 4. The van der Waals surface area contributed by atoms with Crippen molar-refractivity contribution in [2.24, 2.45) is 0 Å². The quantitative estimate of drug-likeness (QED) is 0.840. The van der Waals surface area contributed by atoms with Gasteiger partial charge in [0.15, 0.2) is 0 Å².